The normalized spacial score (nSPS) is 12.5. The molecule has 0 aromatic heterocycles. The minimum absolute atomic E-state index is 0.00598. The number of rotatable bonds is 14. The van der Waals surface area contributed by atoms with Gasteiger partial charge in [0.05, 0.1) is 18.2 Å². The summed E-state index contributed by atoms with van der Waals surface area (Å²) in [7, 11) is -2.11. The molecule has 0 aliphatic heterocycles. The van der Waals surface area contributed by atoms with E-state index in [0.29, 0.717) is 31.6 Å². The summed E-state index contributed by atoms with van der Waals surface area (Å²) >= 11 is 0. The number of hydrogen-bond donors (Lipinski definition) is 4. The van der Waals surface area contributed by atoms with Gasteiger partial charge in [0.15, 0.2) is 8.32 Å². The Labute approximate surface area is 252 Å². The molecular weight excluding hydrogens is 542 g/mol. The van der Waals surface area contributed by atoms with Gasteiger partial charge in [-0.15, -0.1) is 0 Å². The maximum atomic E-state index is 12.6. The molecular formula is C34H47N3O4Si. The summed E-state index contributed by atoms with van der Waals surface area (Å²) in [6.45, 7) is 17.1. The van der Waals surface area contributed by atoms with Crippen LogP contribution in [0.2, 0.25) is 18.1 Å². The molecule has 0 unspecified atom stereocenters. The highest BCUT2D eigenvalue weighted by Gasteiger charge is 2.39. The van der Waals surface area contributed by atoms with Crippen molar-refractivity contribution in [3.8, 4) is 5.75 Å². The van der Waals surface area contributed by atoms with Crippen LogP contribution in [-0.2, 0) is 33.4 Å². The lowest BCUT2D eigenvalue weighted by atomic mass is 10.0. The minimum Gasteiger partial charge on any atom is -0.506 e. The second kappa shape index (κ2) is 14.6. The highest BCUT2D eigenvalue weighted by Crippen LogP contribution is 2.40. The summed E-state index contributed by atoms with van der Waals surface area (Å²) in [5.41, 5.74) is 6.98. The van der Waals surface area contributed by atoms with Gasteiger partial charge in [0.1, 0.15) is 5.75 Å². The minimum atomic E-state index is -2.11. The van der Waals surface area contributed by atoms with Crippen molar-refractivity contribution in [1.82, 2.24) is 10.6 Å². The molecule has 0 aliphatic rings. The molecule has 0 fully saturated rings. The van der Waals surface area contributed by atoms with Gasteiger partial charge in [-0.3, -0.25) is 9.59 Å². The van der Waals surface area contributed by atoms with Crippen molar-refractivity contribution >= 4 is 26.3 Å². The molecule has 0 saturated heterocycles. The quantitative estimate of drug-likeness (QED) is 0.0762. The summed E-state index contributed by atoms with van der Waals surface area (Å²) in [5, 5.41) is 19.3. The molecule has 0 spiro atoms. The second-order valence-electron chi connectivity index (χ2n) is 12.6. The highest BCUT2D eigenvalue weighted by molar-refractivity contribution is 6.74. The molecule has 4 N–H and O–H groups in total. The fourth-order valence-corrected chi connectivity index (χ4v) is 5.70. The van der Waals surface area contributed by atoms with E-state index in [1.807, 2.05) is 18.2 Å². The van der Waals surface area contributed by atoms with E-state index in [0.717, 1.165) is 35.2 Å². The van der Waals surface area contributed by atoms with Gasteiger partial charge < -0.3 is 25.5 Å². The van der Waals surface area contributed by atoms with Gasteiger partial charge in [-0.2, -0.15) is 0 Å². The lowest BCUT2D eigenvalue weighted by Gasteiger charge is -2.39. The van der Waals surface area contributed by atoms with Crippen molar-refractivity contribution in [1.29, 1.82) is 0 Å². The van der Waals surface area contributed by atoms with Gasteiger partial charge >= 0.3 is 0 Å². The third-order valence-corrected chi connectivity index (χ3v) is 12.7. The fourth-order valence-electron chi connectivity index (χ4n) is 4.42. The molecule has 3 aromatic rings. The number of carbonyl (C=O) groups is 2. The number of carbonyl (C=O) groups excluding carboxylic acids is 2. The first-order valence-corrected chi connectivity index (χ1v) is 17.5. The fraction of sp³-hybridized carbons (Fsp3) is 0.412. The van der Waals surface area contributed by atoms with Gasteiger partial charge in [0.2, 0.25) is 12.3 Å². The van der Waals surface area contributed by atoms with E-state index in [2.05, 4.69) is 94.0 Å². The molecule has 226 valence electrons. The van der Waals surface area contributed by atoms with Crippen LogP contribution in [0.1, 0.15) is 60.3 Å². The van der Waals surface area contributed by atoms with Gasteiger partial charge in [0, 0.05) is 13.1 Å². The van der Waals surface area contributed by atoms with Gasteiger partial charge in [-0.05, 0) is 90.5 Å². The van der Waals surface area contributed by atoms with Crippen molar-refractivity contribution in [3.05, 3.63) is 94.0 Å². The number of nitrogens with one attached hydrogen (secondary N) is 3. The van der Waals surface area contributed by atoms with Gasteiger partial charge in [-0.1, -0.05) is 69.3 Å². The van der Waals surface area contributed by atoms with Gasteiger partial charge in [-0.25, -0.2) is 0 Å². The van der Waals surface area contributed by atoms with E-state index >= 15 is 0 Å². The third-order valence-electron chi connectivity index (χ3n) is 8.19. The summed E-state index contributed by atoms with van der Waals surface area (Å²) in [5.74, 6) is 0.0233. The smallest absolute Gasteiger partial charge is 0.224 e. The van der Waals surface area contributed by atoms with Crippen molar-refractivity contribution in [2.24, 2.45) is 0 Å². The highest BCUT2D eigenvalue weighted by atomic mass is 28.4. The summed E-state index contributed by atoms with van der Waals surface area (Å²) in [6.07, 6.45) is 1.46. The Bertz CT molecular complexity index is 1370. The van der Waals surface area contributed by atoms with Crippen LogP contribution in [0.4, 0.5) is 5.69 Å². The molecule has 0 bridgehead atoms. The zero-order chi connectivity index (χ0) is 30.9. The Morgan fingerprint density at radius 3 is 2.40 bits per heavy atom. The number of benzene rings is 3. The number of amides is 2. The molecule has 1 atom stereocenters. The second-order valence-corrected chi connectivity index (χ2v) is 17.3. The lowest BCUT2D eigenvalue weighted by Crippen LogP contribution is -2.43. The first-order valence-electron chi connectivity index (χ1n) is 14.6. The van der Waals surface area contributed by atoms with Crippen LogP contribution in [0.25, 0.3) is 0 Å². The number of hydrogen-bond acceptors (Lipinski definition) is 5. The topological polar surface area (TPSA) is 99.7 Å². The number of aryl methyl sites for hydroxylation is 2. The van der Waals surface area contributed by atoms with Crippen LogP contribution in [0, 0.1) is 13.8 Å². The van der Waals surface area contributed by atoms with Crippen LogP contribution in [-0.4, -0.2) is 38.8 Å². The molecule has 0 radical (unpaired) electrons. The Morgan fingerprint density at radius 1 is 0.976 bits per heavy atom. The molecule has 7 nitrogen and oxygen atoms in total. The standard InChI is InChI=1S/C34H47N3O4Si/c1-24-11-12-28(17-25(24)2)21-36-33(40)19-27-10-8-9-26(18-27)15-16-35-22-32(41-42(6,7)34(3,4)5)29-13-14-31(39)30(20-29)37-23-38/h8-14,17-18,20,23,32,35,39H,15-16,19,21-22H2,1-7H3,(H,36,40)(H,37,38)/t32-/m1/s1. The Balaban J connectivity index is 1.59. The van der Waals surface area contributed by atoms with Crippen LogP contribution in [0.15, 0.2) is 60.7 Å². The Kier molecular flexibility index (Phi) is 11.5. The average Bonchev–Trinajstić information content (AvgIpc) is 2.92. The number of aromatic hydroxyl groups is 1. The van der Waals surface area contributed by atoms with Crippen molar-refractivity contribution < 1.29 is 19.1 Å². The largest absolute Gasteiger partial charge is 0.506 e. The maximum Gasteiger partial charge on any atom is 0.224 e. The van der Waals surface area contributed by atoms with E-state index in [4.69, 9.17) is 4.43 Å². The predicted molar refractivity (Wildman–Crippen MR) is 173 cm³/mol. The average molecular weight is 590 g/mol. The first kappa shape index (κ1) is 33.0. The SMILES string of the molecule is Cc1ccc(CNC(=O)Cc2cccc(CCNC[C@@H](O[Si](C)(C)C(C)(C)C)c3ccc(O)c(NC=O)c3)c2)cc1C. The van der Waals surface area contributed by atoms with Crippen LogP contribution in [0.5, 0.6) is 5.75 Å². The Morgan fingerprint density at radius 2 is 1.71 bits per heavy atom. The van der Waals surface area contributed by atoms with E-state index in [9.17, 15) is 14.7 Å². The number of anilines is 1. The van der Waals surface area contributed by atoms with Crippen LogP contribution < -0.4 is 16.0 Å². The maximum absolute atomic E-state index is 12.6. The number of phenols is 1. The van der Waals surface area contributed by atoms with Gasteiger partial charge in [0.25, 0.3) is 0 Å². The molecule has 0 saturated carbocycles. The Hall–Kier alpha value is -3.46. The molecule has 0 aliphatic carbocycles. The van der Waals surface area contributed by atoms with E-state index in [-0.39, 0.29) is 22.8 Å². The summed E-state index contributed by atoms with van der Waals surface area (Å²) in [6, 6.07) is 19.6. The van der Waals surface area contributed by atoms with Crippen molar-refractivity contribution in [3.63, 3.8) is 0 Å². The lowest BCUT2D eigenvalue weighted by molar-refractivity contribution is -0.120. The number of phenolic OH excluding ortho intramolecular Hbond substituents is 1. The third kappa shape index (κ3) is 9.54. The molecule has 42 heavy (non-hydrogen) atoms. The van der Waals surface area contributed by atoms with E-state index < -0.39 is 8.32 Å². The van der Waals surface area contributed by atoms with Crippen LogP contribution >= 0.6 is 0 Å². The monoisotopic (exact) mass is 589 g/mol. The molecule has 3 aromatic carbocycles. The zero-order valence-corrected chi connectivity index (χ0v) is 27.1. The first-order chi connectivity index (χ1) is 19.8. The summed E-state index contributed by atoms with van der Waals surface area (Å²) < 4.78 is 6.78. The molecule has 3 rings (SSSR count). The molecule has 8 heteroatoms. The predicted octanol–water partition coefficient (Wildman–Crippen LogP) is 6.33. The zero-order valence-electron chi connectivity index (χ0n) is 26.1. The van der Waals surface area contributed by atoms with E-state index in [1.165, 1.54) is 11.1 Å². The van der Waals surface area contributed by atoms with Crippen LogP contribution in [0.3, 0.4) is 0 Å². The van der Waals surface area contributed by atoms with E-state index in [1.54, 1.807) is 12.1 Å². The summed E-state index contributed by atoms with van der Waals surface area (Å²) in [4.78, 5) is 23.6. The van der Waals surface area contributed by atoms with Crippen molar-refractivity contribution in [2.75, 3.05) is 18.4 Å². The molecule has 2 amide bonds. The molecule has 0 heterocycles. The van der Waals surface area contributed by atoms with Crippen molar-refractivity contribution in [2.45, 2.75) is 78.2 Å².